The van der Waals surface area contributed by atoms with E-state index in [1.54, 1.807) is 31.2 Å². The summed E-state index contributed by atoms with van der Waals surface area (Å²) >= 11 is 1.99. The number of amides is 1. The number of benzene rings is 1. The summed E-state index contributed by atoms with van der Waals surface area (Å²) in [6.45, 7) is 1.58. The molecule has 0 radical (unpaired) electrons. The number of rotatable bonds is 2. The molecule has 2 rings (SSSR count). The zero-order valence-electron chi connectivity index (χ0n) is 9.67. The van der Waals surface area contributed by atoms with Crippen molar-refractivity contribution >= 4 is 34.7 Å². The molecule has 1 amide bonds. The average Bonchev–Trinajstić information content (AvgIpc) is 2.64. The monoisotopic (exact) mass is 361 g/mol. The highest BCUT2D eigenvalue weighted by Crippen LogP contribution is 2.39. The van der Waals surface area contributed by atoms with E-state index in [0.29, 0.717) is 9.99 Å². The molecule has 18 heavy (non-hydrogen) atoms. The Hall–Kier alpha value is -1.31. The molecule has 1 aromatic rings. The summed E-state index contributed by atoms with van der Waals surface area (Å²) in [5.41, 5.74) is -0.478. The first-order valence-corrected chi connectivity index (χ1v) is 6.87. The van der Waals surface area contributed by atoms with E-state index in [1.165, 1.54) is 0 Å². The third-order valence-corrected chi connectivity index (χ3v) is 4.46. The fourth-order valence-electron chi connectivity index (χ4n) is 1.90. The fourth-order valence-corrected chi connectivity index (χ4v) is 2.58. The Morgan fingerprint density at radius 3 is 2.61 bits per heavy atom. The van der Waals surface area contributed by atoms with Gasteiger partial charge in [0.15, 0.2) is 5.54 Å². The summed E-state index contributed by atoms with van der Waals surface area (Å²) in [4.78, 5) is 24.4. The number of halogens is 1. The van der Waals surface area contributed by atoms with Crippen LogP contribution < -0.4 is 0 Å². The van der Waals surface area contributed by atoms with Crippen molar-refractivity contribution in [1.29, 1.82) is 0 Å². The molecule has 1 aliphatic rings. The molecule has 0 aliphatic carbocycles. The van der Waals surface area contributed by atoms with E-state index in [0.717, 1.165) is 4.90 Å². The molecule has 1 N–H and O–H groups in total. The van der Waals surface area contributed by atoms with Gasteiger partial charge in [-0.2, -0.15) is 0 Å². The summed E-state index contributed by atoms with van der Waals surface area (Å²) in [6, 6.07) is 8.87. The van der Waals surface area contributed by atoms with Crippen molar-refractivity contribution in [1.82, 2.24) is 4.90 Å². The second-order valence-electron chi connectivity index (χ2n) is 4.23. The van der Waals surface area contributed by atoms with Crippen molar-refractivity contribution in [3.05, 3.63) is 35.9 Å². The first-order valence-electron chi connectivity index (χ1n) is 5.35. The number of carbonyl (C=O) groups is 2. The maximum Gasteiger partial charge on any atom is 0.411 e. The highest BCUT2D eigenvalue weighted by molar-refractivity contribution is 14.1. The number of cyclic esters (lactones) is 1. The molecule has 96 valence electrons. The minimum atomic E-state index is -1.16. The molecule has 1 fully saturated rings. The Labute approximate surface area is 118 Å². The van der Waals surface area contributed by atoms with Gasteiger partial charge in [-0.25, -0.2) is 9.59 Å². The summed E-state index contributed by atoms with van der Waals surface area (Å²) in [6.07, 6.45) is -2.02. The number of hydrogen-bond acceptors (Lipinski definition) is 3. The topological polar surface area (TPSA) is 66.8 Å². The second-order valence-corrected chi connectivity index (χ2v) is 4.99. The molecular formula is C12H12INO4. The molecule has 0 bridgehead atoms. The molecule has 1 heterocycles. The maximum atomic E-state index is 11.9. The van der Waals surface area contributed by atoms with Gasteiger partial charge in [0.25, 0.3) is 0 Å². The third-order valence-electron chi connectivity index (χ3n) is 2.98. The molecule has 1 aromatic carbocycles. The van der Waals surface area contributed by atoms with Crippen LogP contribution in [0, 0.1) is 0 Å². The number of carboxylic acid groups (broad SMARTS) is 1. The van der Waals surface area contributed by atoms with Crippen molar-refractivity contribution in [2.45, 2.75) is 18.7 Å². The van der Waals surface area contributed by atoms with Crippen molar-refractivity contribution in [2.75, 3.05) is 4.43 Å². The lowest BCUT2D eigenvalue weighted by atomic mass is 10.0. The van der Waals surface area contributed by atoms with Crippen LogP contribution in [0.2, 0.25) is 0 Å². The van der Waals surface area contributed by atoms with Crippen LogP contribution in [-0.4, -0.2) is 32.0 Å². The molecular weight excluding hydrogens is 349 g/mol. The third kappa shape index (κ3) is 1.94. The quantitative estimate of drug-likeness (QED) is 0.499. The highest BCUT2D eigenvalue weighted by atomic mass is 127. The zero-order valence-corrected chi connectivity index (χ0v) is 11.8. The summed E-state index contributed by atoms with van der Waals surface area (Å²) in [5, 5.41) is 9.32. The van der Waals surface area contributed by atoms with Crippen LogP contribution >= 0.6 is 22.6 Å². The van der Waals surface area contributed by atoms with Crippen molar-refractivity contribution in [3.8, 4) is 0 Å². The van der Waals surface area contributed by atoms with Crippen LogP contribution in [0.15, 0.2) is 30.3 Å². The number of nitrogens with zero attached hydrogens (tertiary/aromatic N) is 1. The molecule has 0 unspecified atom stereocenters. The van der Waals surface area contributed by atoms with E-state index in [9.17, 15) is 14.7 Å². The van der Waals surface area contributed by atoms with Crippen LogP contribution in [0.25, 0.3) is 0 Å². The SMILES string of the molecule is C[C@]1(CI)C(=O)O[C@H](c2ccccc2)N1C(=O)O. The van der Waals surface area contributed by atoms with Gasteiger partial charge < -0.3 is 9.84 Å². The second kappa shape index (κ2) is 4.75. The number of hydrogen-bond donors (Lipinski definition) is 1. The fraction of sp³-hybridized carbons (Fsp3) is 0.333. The molecule has 2 atom stereocenters. The first kappa shape index (κ1) is 13.1. The van der Waals surface area contributed by atoms with Gasteiger partial charge >= 0.3 is 12.1 Å². The molecule has 0 aromatic heterocycles. The normalized spacial score (nSPS) is 27.1. The van der Waals surface area contributed by atoms with Crippen molar-refractivity contribution in [2.24, 2.45) is 0 Å². The molecule has 0 saturated carbocycles. The summed E-state index contributed by atoms with van der Waals surface area (Å²) < 4.78 is 5.58. The van der Waals surface area contributed by atoms with Gasteiger partial charge in [-0.3, -0.25) is 4.90 Å². The Morgan fingerprint density at radius 2 is 2.11 bits per heavy atom. The van der Waals surface area contributed by atoms with Gasteiger partial charge in [-0.05, 0) is 6.92 Å². The van der Waals surface area contributed by atoms with Gasteiger partial charge in [0.2, 0.25) is 6.23 Å². The number of ether oxygens (including phenoxy) is 1. The van der Waals surface area contributed by atoms with Gasteiger partial charge in [-0.1, -0.05) is 52.9 Å². The van der Waals surface area contributed by atoms with Gasteiger partial charge in [0.1, 0.15) is 0 Å². The summed E-state index contributed by atoms with van der Waals surface area (Å²) in [7, 11) is 0. The predicted octanol–water partition coefficient (Wildman–Crippen LogP) is 2.42. The minimum Gasteiger partial charge on any atom is -0.465 e. The van der Waals surface area contributed by atoms with Crippen LogP contribution in [0.1, 0.15) is 18.7 Å². The Bertz CT molecular complexity index is 478. The zero-order chi connectivity index (χ0) is 13.3. The largest absolute Gasteiger partial charge is 0.465 e. The average molecular weight is 361 g/mol. The number of carbonyl (C=O) groups excluding carboxylic acids is 1. The van der Waals surface area contributed by atoms with Crippen molar-refractivity contribution in [3.63, 3.8) is 0 Å². The highest BCUT2D eigenvalue weighted by Gasteiger charge is 2.54. The van der Waals surface area contributed by atoms with Gasteiger partial charge in [-0.15, -0.1) is 0 Å². The number of esters is 1. The van der Waals surface area contributed by atoms with E-state index in [-0.39, 0.29) is 0 Å². The van der Waals surface area contributed by atoms with Crippen LogP contribution in [-0.2, 0) is 9.53 Å². The minimum absolute atomic E-state index is 0.346. The molecule has 1 saturated heterocycles. The lowest BCUT2D eigenvalue weighted by Crippen LogP contribution is -2.50. The van der Waals surface area contributed by atoms with Crippen LogP contribution in [0.4, 0.5) is 4.79 Å². The van der Waals surface area contributed by atoms with Crippen LogP contribution in [0.3, 0.4) is 0 Å². The van der Waals surface area contributed by atoms with E-state index in [4.69, 9.17) is 4.74 Å². The number of alkyl halides is 1. The Kier molecular flexibility index (Phi) is 3.47. The maximum absolute atomic E-state index is 11.9. The standard InChI is InChI=1S/C12H12INO4/c1-12(7-13)10(15)18-9(14(12)11(16)17)8-5-3-2-4-6-8/h2-6,9H,7H2,1H3,(H,16,17)/t9-,12+/m1/s1. The van der Waals surface area contributed by atoms with E-state index >= 15 is 0 Å². The van der Waals surface area contributed by atoms with Gasteiger partial charge in [0, 0.05) is 9.99 Å². The Morgan fingerprint density at radius 1 is 1.50 bits per heavy atom. The van der Waals surface area contributed by atoms with Crippen molar-refractivity contribution < 1.29 is 19.4 Å². The smallest absolute Gasteiger partial charge is 0.411 e. The lowest BCUT2D eigenvalue weighted by molar-refractivity contribution is -0.144. The molecule has 5 nitrogen and oxygen atoms in total. The van der Waals surface area contributed by atoms with Crippen LogP contribution in [0.5, 0.6) is 0 Å². The lowest BCUT2D eigenvalue weighted by Gasteiger charge is -2.29. The molecule has 6 heteroatoms. The molecule has 1 aliphatic heterocycles. The van der Waals surface area contributed by atoms with E-state index in [1.807, 2.05) is 28.7 Å². The van der Waals surface area contributed by atoms with Gasteiger partial charge in [0.05, 0.1) is 0 Å². The Balaban J connectivity index is 2.44. The predicted molar refractivity (Wildman–Crippen MR) is 72.4 cm³/mol. The summed E-state index contributed by atoms with van der Waals surface area (Å²) in [5.74, 6) is -0.506. The van der Waals surface area contributed by atoms with E-state index < -0.39 is 23.8 Å². The first-order chi connectivity index (χ1) is 8.50. The molecule has 0 spiro atoms. The van der Waals surface area contributed by atoms with E-state index in [2.05, 4.69) is 0 Å².